The van der Waals surface area contributed by atoms with Gasteiger partial charge in [0.2, 0.25) is 0 Å². The van der Waals surface area contributed by atoms with E-state index in [1.165, 1.54) is 11.3 Å². The standard InChI is InChI=1S/C17H22N4/c1-12-10-17(20-14(3)19-12)18-8-9-21-13(2)11-15-6-4-5-7-16(15)21/h4-7,10,13H,8-9,11H2,1-3H3,(H,18,19,20). The van der Waals surface area contributed by atoms with E-state index in [9.17, 15) is 0 Å². The minimum absolute atomic E-state index is 0.568. The molecular weight excluding hydrogens is 260 g/mol. The molecule has 0 radical (unpaired) electrons. The van der Waals surface area contributed by atoms with Crippen molar-refractivity contribution in [1.29, 1.82) is 0 Å². The summed E-state index contributed by atoms with van der Waals surface area (Å²) in [7, 11) is 0. The number of nitrogens with zero attached hydrogens (tertiary/aromatic N) is 3. The van der Waals surface area contributed by atoms with Crippen LogP contribution in [0.15, 0.2) is 30.3 Å². The van der Waals surface area contributed by atoms with Crippen LogP contribution in [0.1, 0.15) is 24.0 Å². The SMILES string of the molecule is Cc1cc(NCCN2c3ccccc3CC2C)nc(C)n1. The number of anilines is 2. The molecule has 0 spiro atoms. The lowest BCUT2D eigenvalue weighted by atomic mass is 10.1. The molecule has 0 bridgehead atoms. The Balaban J connectivity index is 1.63. The Morgan fingerprint density at radius 3 is 2.86 bits per heavy atom. The summed E-state index contributed by atoms with van der Waals surface area (Å²) in [5, 5.41) is 3.41. The third kappa shape index (κ3) is 2.99. The number of aryl methyl sites for hydroxylation is 2. The van der Waals surface area contributed by atoms with Gasteiger partial charge in [-0.3, -0.25) is 0 Å². The normalized spacial score (nSPS) is 16.9. The highest BCUT2D eigenvalue weighted by atomic mass is 15.2. The first kappa shape index (κ1) is 13.9. The largest absolute Gasteiger partial charge is 0.368 e. The Kier molecular flexibility index (Phi) is 3.78. The fourth-order valence-corrected chi connectivity index (χ4v) is 3.08. The van der Waals surface area contributed by atoms with E-state index in [4.69, 9.17) is 0 Å². The van der Waals surface area contributed by atoms with E-state index in [2.05, 4.69) is 51.4 Å². The van der Waals surface area contributed by atoms with E-state index in [1.807, 2.05) is 19.9 Å². The minimum atomic E-state index is 0.568. The van der Waals surface area contributed by atoms with Crippen LogP contribution in [0.2, 0.25) is 0 Å². The molecule has 0 aliphatic carbocycles. The van der Waals surface area contributed by atoms with E-state index < -0.39 is 0 Å². The molecule has 110 valence electrons. The Hall–Kier alpha value is -2.10. The van der Waals surface area contributed by atoms with E-state index in [1.54, 1.807) is 0 Å². The third-order valence-electron chi connectivity index (χ3n) is 3.97. The summed E-state index contributed by atoms with van der Waals surface area (Å²) < 4.78 is 0. The van der Waals surface area contributed by atoms with Gasteiger partial charge in [-0.2, -0.15) is 0 Å². The van der Waals surface area contributed by atoms with Crippen molar-refractivity contribution in [1.82, 2.24) is 9.97 Å². The van der Waals surface area contributed by atoms with Crippen LogP contribution in [0.25, 0.3) is 0 Å². The van der Waals surface area contributed by atoms with E-state index >= 15 is 0 Å². The maximum atomic E-state index is 4.42. The van der Waals surface area contributed by atoms with Gasteiger partial charge in [0.1, 0.15) is 11.6 Å². The quantitative estimate of drug-likeness (QED) is 0.936. The van der Waals surface area contributed by atoms with Crippen LogP contribution >= 0.6 is 0 Å². The van der Waals surface area contributed by atoms with E-state index in [0.29, 0.717) is 6.04 Å². The fraction of sp³-hybridized carbons (Fsp3) is 0.412. The molecule has 1 aliphatic rings. The maximum absolute atomic E-state index is 4.42. The molecule has 1 unspecified atom stereocenters. The van der Waals surface area contributed by atoms with Gasteiger partial charge in [0.25, 0.3) is 0 Å². The van der Waals surface area contributed by atoms with Crippen LogP contribution in [0.3, 0.4) is 0 Å². The molecule has 1 aliphatic heterocycles. The summed E-state index contributed by atoms with van der Waals surface area (Å²) in [6, 6.07) is 11.3. The van der Waals surface area contributed by atoms with Gasteiger partial charge in [0, 0.05) is 36.6 Å². The molecule has 4 heteroatoms. The monoisotopic (exact) mass is 282 g/mol. The average molecular weight is 282 g/mol. The lowest BCUT2D eigenvalue weighted by Gasteiger charge is -2.25. The molecule has 1 atom stereocenters. The smallest absolute Gasteiger partial charge is 0.129 e. The van der Waals surface area contributed by atoms with Gasteiger partial charge < -0.3 is 10.2 Å². The molecule has 0 fully saturated rings. The second kappa shape index (κ2) is 5.72. The van der Waals surface area contributed by atoms with Crippen molar-refractivity contribution in [2.24, 2.45) is 0 Å². The molecule has 0 amide bonds. The highest BCUT2D eigenvalue weighted by molar-refractivity contribution is 5.59. The number of nitrogens with one attached hydrogen (secondary N) is 1. The molecule has 2 aromatic rings. The summed E-state index contributed by atoms with van der Waals surface area (Å²) in [4.78, 5) is 11.2. The van der Waals surface area contributed by atoms with Crippen molar-refractivity contribution < 1.29 is 0 Å². The third-order valence-corrected chi connectivity index (χ3v) is 3.97. The Morgan fingerprint density at radius 1 is 1.24 bits per heavy atom. The summed E-state index contributed by atoms with van der Waals surface area (Å²) >= 11 is 0. The van der Waals surface area contributed by atoms with Crippen molar-refractivity contribution in [3.8, 4) is 0 Å². The fourth-order valence-electron chi connectivity index (χ4n) is 3.08. The van der Waals surface area contributed by atoms with Crippen molar-refractivity contribution in [2.45, 2.75) is 33.2 Å². The molecule has 1 aromatic heterocycles. The first-order valence-corrected chi connectivity index (χ1v) is 7.54. The summed E-state index contributed by atoms with van der Waals surface area (Å²) in [5.41, 5.74) is 3.84. The van der Waals surface area contributed by atoms with Crippen LogP contribution in [-0.2, 0) is 6.42 Å². The second-order valence-electron chi connectivity index (χ2n) is 5.74. The van der Waals surface area contributed by atoms with Gasteiger partial charge in [-0.15, -0.1) is 0 Å². The number of hydrogen-bond acceptors (Lipinski definition) is 4. The first-order chi connectivity index (χ1) is 10.1. The van der Waals surface area contributed by atoms with Crippen LogP contribution < -0.4 is 10.2 Å². The topological polar surface area (TPSA) is 41.0 Å². The van der Waals surface area contributed by atoms with Gasteiger partial charge in [-0.25, -0.2) is 9.97 Å². The van der Waals surface area contributed by atoms with Crippen LogP contribution in [0.5, 0.6) is 0 Å². The summed E-state index contributed by atoms with van der Waals surface area (Å²) in [5.74, 6) is 1.73. The number of para-hydroxylation sites is 1. The Labute approximate surface area is 126 Å². The number of aromatic nitrogens is 2. The Bertz CT molecular complexity index is 618. The number of hydrogen-bond donors (Lipinski definition) is 1. The van der Waals surface area contributed by atoms with Crippen molar-refractivity contribution in [3.63, 3.8) is 0 Å². The van der Waals surface area contributed by atoms with Gasteiger partial charge in [0.15, 0.2) is 0 Å². The predicted molar refractivity (Wildman–Crippen MR) is 86.9 cm³/mol. The van der Waals surface area contributed by atoms with Gasteiger partial charge in [-0.1, -0.05) is 18.2 Å². The van der Waals surface area contributed by atoms with Gasteiger partial charge >= 0.3 is 0 Å². The summed E-state index contributed by atoms with van der Waals surface area (Å²) in [6.07, 6.45) is 1.14. The molecule has 21 heavy (non-hydrogen) atoms. The number of fused-ring (bicyclic) bond motifs is 1. The zero-order chi connectivity index (χ0) is 14.8. The first-order valence-electron chi connectivity index (χ1n) is 7.54. The lowest BCUT2D eigenvalue weighted by Crippen LogP contribution is -2.33. The molecule has 0 saturated carbocycles. The lowest BCUT2D eigenvalue weighted by molar-refractivity contribution is 0.680. The molecule has 2 heterocycles. The second-order valence-corrected chi connectivity index (χ2v) is 5.74. The zero-order valence-corrected chi connectivity index (χ0v) is 12.9. The molecule has 0 saturated heterocycles. The van der Waals surface area contributed by atoms with Crippen molar-refractivity contribution >= 4 is 11.5 Å². The highest BCUT2D eigenvalue weighted by Crippen LogP contribution is 2.31. The number of rotatable bonds is 4. The van der Waals surface area contributed by atoms with Crippen molar-refractivity contribution in [2.75, 3.05) is 23.3 Å². The average Bonchev–Trinajstić information content (AvgIpc) is 2.74. The van der Waals surface area contributed by atoms with E-state index in [0.717, 1.165) is 36.8 Å². The minimum Gasteiger partial charge on any atom is -0.368 e. The highest BCUT2D eigenvalue weighted by Gasteiger charge is 2.24. The van der Waals surface area contributed by atoms with E-state index in [-0.39, 0.29) is 0 Å². The number of benzene rings is 1. The van der Waals surface area contributed by atoms with Crippen molar-refractivity contribution in [3.05, 3.63) is 47.4 Å². The van der Waals surface area contributed by atoms with Crippen LogP contribution in [-0.4, -0.2) is 29.1 Å². The van der Waals surface area contributed by atoms with Gasteiger partial charge in [-0.05, 0) is 38.8 Å². The molecular formula is C17H22N4. The van der Waals surface area contributed by atoms with Crippen LogP contribution in [0, 0.1) is 13.8 Å². The molecule has 3 rings (SSSR count). The maximum Gasteiger partial charge on any atom is 0.129 e. The predicted octanol–water partition coefficient (Wildman–Crippen LogP) is 2.96. The molecule has 1 aromatic carbocycles. The van der Waals surface area contributed by atoms with Gasteiger partial charge in [0.05, 0.1) is 0 Å². The molecule has 1 N–H and O–H groups in total. The van der Waals surface area contributed by atoms with Crippen LogP contribution in [0.4, 0.5) is 11.5 Å². The Morgan fingerprint density at radius 2 is 2.05 bits per heavy atom. The zero-order valence-electron chi connectivity index (χ0n) is 12.9. The summed E-state index contributed by atoms with van der Waals surface area (Å²) in [6.45, 7) is 8.09. The molecule has 4 nitrogen and oxygen atoms in total.